The van der Waals surface area contributed by atoms with E-state index in [1.54, 1.807) is 18.2 Å². The fourth-order valence-electron chi connectivity index (χ4n) is 2.80. The van der Waals surface area contributed by atoms with Gasteiger partial charge in [-0.1, -0.05) is 29.6 Å². The minimum Gasteiger partial charge on any atom is -0.481 e. The number of halogens is 2. The molecule has 1 heterocycles. The number of amides is 1. The fourth-order valence-corrected chi connectivity index (χ4v) is 3.25. The van der Waals surface area contributed by atoms with E-state index in [0.29, 0.717) is 28.7 Å². The number of aliphatic carboxylic acids is 1. The molecule has 1 atom stereocenters. The average Bonchev–Trinajstić information content (AvgIpc) is 2.50. The molecule has 0 aliphatic carbocycles. The molecule has 5 nitrogen and oxygen atoms in total. The lowest BCUT2D eigenvalue weighted by Crippen LogP contribution is -2.47. The third kappa shape index (κ3) is 5.37. The first-order valence-corrected chi connectivity index (χ1v) is 8.44. The second-order valence-corrected chi connectivity index (χ2v) is 6.50. The molecule has 1 saturated heterocycles. The number of nitrogens with zero attached hydrogens (tertiary/aromatic N) is 1. The van der Waals surface area contributed by atoms with Gasteiger partial charge >= 0.3 is 5.97 Å². The second kappa shape index (κ2) is 8.52. The third-order valence-electron chi connectivity index (χ3n) is 3.94. The first kappa shape index (κ1) is 18.0. The zero-order valence-corrected chi connectivity index (χ0v) is 14.2. The highest BCUT2D eigenvalue weighted by molar-refractivity contribution is 6.36. The van der Waals surface area contributed by atoms with Gasteiger partial charge in [0, 0.05) is 11.4 Å². The third-order valence-corrected chi connectivity index (χ3v) is 4.49. The largest absolute Gasteiger partial charge is 0.481 e. The second-order valence-electron chi connectivity index (χ2n) is 5.66. The van der Waals surface area contributed by atoms with Crippen LogP contribution in [0.4, 0.5) is 5.69 Å². The predicted molar refractivity (Wildman–Crippen MR) is 91.2 cm³/mol. The van der Waals surface area contributed by atoms with Crippen LogP contribution in [0, 0.1) is 0 Å². The van der Waals surface area contributed by atoms with Crippen molar-refractivity contribution < 1.29 is 14.7 Å². The van der Waals surface area contributed by atoms with Gasteiger partial charge < -0.3 is 10.4 Å². The van der Waals surface area contributed by atoms with Crippen LogP contribution in [-0.2, 0) is 9.59 Å². The van der Waals surface area contributed by atoms with E-state index in [9.17, 15) is 9.59 Å². The van der Waals surface area contributed by atoms with Crippen LogP contribution in [0.5, 0.6) is 0 Å². The Bertz CT molecular complexity index is 580. The molecule has 2 rings (SSSR count). The summed E-state index contributed by atoms with van der Waals surface area (Å²) in [7, 11) is 0. The molecule has 23 heavy (non-hydrogen) atoms. The van der Waals surface area contributed by atoms with Crippen molar-refractivity contribution in [1.29, 1.82) is 0 Å². The van der Waals surface area contributed by atoms with E-state index in [1.165, 1.54) is 0 Å². The number of carbonyl (C=O) groups is 2. The summed E-state index contributed by atoms with van der Waals surface area (Å²) in [5.74, 6) is -0.916. The van der Waals surface area contributed by atoms with E-state index >= 15 is 0 Å². The first-order valence-electron chi connectivity index (χ1n) is 7.69. The minimum atomic E-state index is -0.809. The van der Waals surface area contributed by atoms with Crippen LogP contribution in [0.25, 0.3) is 0 Å². The van der Waals surface area contributed by atoms with Gasteiger partial charge in [-0.2, -0.15) is 0 Å². The van der Waals surface area contributed by atoms with Crippen LogP contribution < -0.4 is 5.32 Å². The maximum Gasteiger partial charge on any atom is 0.303 e. The molecule has 7 heteroatoms. The van der Waals surface area contributed by atoms with E-state index < -0.39 is 5.97 Å². The Morgan fingerprint density at radius 2 is 2.09 bits per heavy atom. The molecule has 1 fully saturated rings. The SMILES string of the molecule is O=C(O)CCCN1CCCCC1C(=O)Nc1ccc(Cl)cc1Cl. The van der Waals surface area contributed by atoms with Crippen molar-refractivity contribution in [2.45, 2.75) is 38.1 Å². The average molecular weight is 359 g/mol. The number of hydrogen-bond donors (Lipinski definition) is 2. The lowest BCUT2D eigenvalue weighted by Gasteiger charge is -2.34. The normalized spacial score (nSPS) is 18.6. The molecule has 0 radical (unpaired) electrons. The number of nitrogens with one attached hydrogen (secondary N) is 1. The van der Waals surface area contributed by atoms with Gasteiger partial charge in [0.05, 0.1) is 16.8 Å². The van der Waals surface area contributed by atoms with Crippen LogP contribution >= 0.6 is 23.2 Å². The van der Waals surface area contributed by atoms with E-state index in [1.807, 2.05) is 0 Å². The zero-order chi connectivity index (χ0) is 16.8. The van der Waals surface area contributed by atoms with Gasteiger partial charge in [0.1, 0.15) is 0 Å². The monoisotopic (exact) mass is 358 g/mol. The molecule has 0 aromatic heterocycles. The Hall–Kier alpha value is -1.30. The number of piperidine rings is 1. The zero-order valence-electron chi connectivity index (χ0n) is 12.7. The van der Waals surface area contributed by atoms with Crippen LogP contribution in [0.15, 0.2) is 18.2 Å². The first-order chi connectivity index (χ1) is 11.0. The molecule has 0 saturated carbocycles. The van der Waals surface area contributed by atoms with Gasteiger partial charge in [0.25, 0.3) is 0 Å². The van der Waals surface area contributed by atoms with E-state index in [4.69, 9.17) is 28.3 Å². The summed E-state index contributed by atoms with van der Waals surface area (Å²) in [5.41, 5.74) is 0.539. The Morgan fingerprint density at radius 3 is 2.78 bits per heavy atom. The summed E-state index contributed by atoms with van der Waals surface area (Å²) in [4.78, 5) is 25.3. The van der Waals surface area contributed by atoms with Gasteiger partial charge in [0.2, 0.25) is 5.91 Å². The molecule has 2 N–H and O–H groups in total. The topological polar surface area (TPSA) is 69.6 Å². The van der Waals surface area contributed by atoms with E-state index in [0.717, 1.165) is 25.8 Å². The van der Waals surface area contributed by atoms with Crippen molar-refractivity contribution in [1.82, 2.24) is 4.90 Å². The molecule has 1 aliphatic heterocycles. The van der Waals surface area contributed by atoms with Crippen molar-refractivity contribution in [2.24, 2.45) is 0 Å². The standard InChI is InChI=1S/C16H20Cl2N2O3/c17-11-6-7-13(12(18)10-11)19-16(23)14-4-1-2-8-20(14)9-3-5-15(21)22/h6-7,10,14H,1-5,8-9H2,(H,19,23)(H,21,22). The van der Waals surface area contributed by atoms with Crippen molar-refractivity contribution in [2.75, 3.05) is 18.4 Å². The summed E-state index contributed by atoms with van der Waals surface area (Å²) in [6.07, 6.45) is 3.44. The number of rotatable bonds is 6. The Kier molecular flexibility index (Phi) is 6.69. The smallest absolute Gasteiger partial charge is 0.303 e. The summed E-state index contributed by atoms with van der Waals surface area (Å²) in [6, 6.07) is 4.70. The number of hydrogen-bond acceptors (Lipinski definition) is 3. The molecule has 0 bridgehead atoms. The highest BCUT2D eigenvalue weighted by Crippen LogP contribution is 2.26. The number of carbonyl (C=O) groups excluding carboxylic acids is 1. The van der Waals surface area contributed by atoms with Crippen molar-refractivity contribution in [3.05, 3.63) is 28.2 Å². The summed E-state index contributed by atoms with van der Waals surface area (Å²) < 4.78 is 0. The molecule has 1 aromatic carbocycles. The summed E-state index contributed by atoms with van der Waals surface area (Å²) in [5, 5.41) is 12.5. The number of carboxylic acid groups (broad SMARTS) is 1. The quantitative estimate of drug-likeness (QED) is 0.814. The van der Waals surface area contributed by atoms with Gasteiger partial charge in [-0.25, -0.2) is 0 Å². The number of anilines is 1. The molecule has 0 spiro atoms. The van der Waals surface area contributed by atoms with E-state index in [2.05, 4.69) is 10.2 Å². The number of likely N-dealkylation sites (tertiary alicyclic amines) is 1. The van der Waals surface area contributed by atoms with Crippen molar-refractivity contribution in [3.8, 4) is 0 Å². The fraction of sp³-hybridized carbons (Fsp3) is 0.500. The van der Waals surface area contributed by atoms with Gasteiger partial charge in [-0.3, -0.25) is 14.5 Å². The molecule has 1 aromatic rings. The van der Waals surface area contributed by atoms with Crippen LogP contribution in [0.1, 0.15) is 32.1 Å². The summed E-state index contributed by atoms with van der Waals surface area (Å²) >= 11 is 11.9. The molecule has 1 amide bonds. The Morgan fingerprint density at radius 1 is 1.30 bits per heavy atom. The highest BCUT2D eigenvalue weighted by atomic mass is 35.5. The van der Waals surface area contributed by atoms with E-state index in [-0.39, 0.29) is 18.4 Å². The van der Waals surface area contributed by atoms with Crippen molar-refractivity contribution in [3.63, 3.8) is 0 Å². The minimum absolute atomic E-state index is 0.107. The van der Waals surface area contributed by atoms with Crippen LogP contribution in [0.3, 0.4) is 0 Å². The molecular formula is C16H20Cl2N2O3. The maximum atomic E-state index is 12.6. The van der Waals surface area contributed by atoms with Gasteiger partial charge in [-0.05, 0) is 50.6 Å². The lowest BCUT2D eigenvalue weighted by molar-refractivity contribution is -0.137. The number of carboxylic acids is 1. The van der Waals surface area contributed by atoms with Gasteiger partial charge in [-0.15, -0.1) is 0 Å². The maximum absolute atomic E-state index is 12.6. The molecule has 1 aliphatic rings. The summed E-state index contributed by atoms with van der Waals surface area (Å²) in [6.45, 7) is 1.42. The Labute approximate surface area is 145 Å². The molecular weight excluding hydrogens is 339 g/mol. The predicted octanol–water partition coefficient (Wildman–Crippen LogP) is 3.65. The number of benzene rings is 1. The van der Waals surface area contributed by atoms with Crippen molar-refractivity contribution >= 4 is 40.8 Å². The Balaban J connectivity index is 1.98. The molecule has 126 valence electrons. The highest BCUT2D eigenvalue weighted by Gasteiger charge is 2.28. The molecule has 1 unspecified atom stereocenters. The van der Waals surface area contributed by atoms with Gasteiger partial charge in [0.15, 0.2) is 0 Å². The van der Waals surface area contributed by atoms with Crippen LogP contribution in [0.2, 0.25) is 10.0 Å². The lowest BCUT2D eigenvalue weighted by atomic mass is 10.0. The van der Waals surface area contributed by atoms with Crippen LogP contribution in [-0.4, -0.2) is 41.0 Å².